The fourth-order valence-corrected chi connectivity index (χ4v) is 7.24. The summed E-state index contributed by atoms with van der Waals surface area (Å²) in [4.78, 5) is 4.96. The highest BCUT2D eigenvalue weighted by Gasteiger charge is 2.22. The number of ether oxygens (including phenoxy) is 4. The highest BCUT2D eigenvalue weighted by atomic mass is 16.5. The summed E-state index contributed by atoms with van der Waals surface area (Å²) in [5, 5.41) is 0. The Hall–Kier alpha value is -5.82. The van der Waals surface area contributed by atoms with E-state index in [1.54, 1.807) is 0 Å². The van der Waals surface area contributed by atoms with Gasteiger partial charge in [-0.15, -0.1) is 0 Å². The molecule has 0 amide bonds. The van der Waals surface area contributed by atoms with Crippen LogP contribution < -0.4 is 18.9 Å². The summed E-state index contributed by atoms with van der Waals surface area (Å²) < 4.78 is 25.8. The van der Waals surface area contributed by atoms with Gasteiger partial charge in [-0.2, -0.15) is 0 Å². The molecule has 6 aromatic carbocycles. The largest absolute Gasteiger partial charge is 0.490 e. The van der Waals surface area contributed by atoms with Crippen LogP contribution in [0.4, 0.5) is 0 Å². The molecule has 286 valence electrons. The third-order valence-corrected chi connectivity index (χ3v) is 10.5. The van der Waals surface area contributed by atoms with Crippen molar-refractivity contribution >= 4 is 0 Å². The molecule has 1 aliphatic heterocycles. The molecule has 0 saturated heterocycles. The van der Waals surface area contributed by atoms with Gasteiger partial charge in [-0.25, -0.2) is 0 Å². The molecular weight excluding hydrogens is 693 g/mol. The molecule has 0 N–H and O–H groups in total. The van der Waals surface area contributed by atoms with Crippen molar-refractivity contribution in [2.75, 3.05) is 26.4 Å². The van der Waals surface area contributed by atoms with E-state index >= 15 is 0 Å². The third-order valence-electron chi connectivity index (χ3n) is 10.5. The van der Waals surface area contributed by atoms with Crippen LogP contribution in [-0.4, -0.2) is 36.2 Å². The first-order valence-corrected chi connectivity index (χ1v) is 19.7. The van der Waals surface area contributed by atoms with Gasteiger partial charge in [0, 0.05) is 60.5 Å². The zero-order valence-corrected chi connectivity index (χ0v) is 32.5. The second-order valence-electron chi connectivity index (χ2n) is 14.2. The number of fused-ring (bicyclic) bond motifs is 4. The first kappa shape index (κ1) is 38.5. The van der Waals surface area contributed by atoms with Gasteiger partial charge in [-0.05, 0) is 61.4 Å². The van der Waals surface area contributed by atoms with E-state index in [9.17, 15) is 0 Å². The lowest BCUT2D eigenvalue weighted by Gasteiger charge is -2.31. The van der Waals surface area contributed by atoms with Crippen LogP contribution in [0, 0.1) is 0 Å². The molecule has 56 heavy (non-hydrogen) atoms. The molecule has 0 unspecified atom stereocenters. The molecule has 0 radical (unpaired) electrons. The van der Waals surface area contributed by atoms with Crippen molar-refractivity contribution in [3.05, 3.63) is 203 Å². The topological polar surface area (TPSA) is 43.4 Å². The Balaban J connectivity index is 1.19. The molecule has 0 fully saturated rings. The lowest BCUT2D eigenvalue weighted by Crippen LogP contribution is -2.27. The maximum Gasteiger partial charge on any atom is 0.124 e. The Kier molecular flexibility index (Phi) is 13.5. The van der Waals surface area contributed by atoms with Crippen LogP contribution >= 0.6 is 0 Å². The van der Waals surface area contributed by atoms with E-state index in [0.29, 0.717) is 52.6 Å². The average molecular weight is 745 g/mol. The lowest BCUT2D eigenvalue weighted by molar-refractivity contribution is 0.176. The van der Waals surface area contributed by atoms with Crippen LogP contribution in [0.1, 0.15) is 59.3 Å². The maximum absolute atomic E-state index is 6.49. The molecule has 0 saturated carbocycles. The van der Waals surface area contributed by atoms with Crippen molar-refractivity contribution in [2.45, 2.75) is 52.1 Å². The monoisotopic (exact) mass is 744 g/mol. The minimum atomic E-state index is 0.139. The third kappa shape index (κ3) is 10.3. The van der Waals surface area contributed by atoms with Gasteiger partial charge in [0.05, 0.1) is 0 Å². The van der Waals surface area contributed by atoms with Crippen molar-refractivity contribution in [2.24, 2.45) is 0 Å². The summed E-state index contributed by atoms with van der Waals surface area (Å²) in [5.41, 5.74) is 7.01. The standard InChI is InChI=1S/C50H52N2O4/c1-39(41-19-5-3-6-20-41)51-35-43-23-9-13-27-47(43)53-31-17-18-32-54-48-28-14-10-24-44(48)36-52(40(2)42-21-7-4-8-22-42)38-46-26-12-16-30-50(46)56-34-33-55-49-29-15-11-25-45(49)37-51/h3-30,39-40H,31-38H2,1-2H3/b18-17-/t39-,40-/m0/s1. The van der Waals surface area contributed by atoms with Crippen LogP contribution in [0.25, 0.3) is 0 Å². The second-order valence-corrected chi connectivity index (χ2v) is 14.2. The SMILES string of the molecule is C[C@@H](c1ccccc1)N1Cc2ccccc2OC/C=C\COc2ccccc2CN([C@@H](C)c2ccccc2)Cc2ccccc2OCCOc2ccccc2C1. The number of hydrogen-bond donors (Lipinski definition) is 0. The minimum Gasteiger partial charge on any atom is -0.490 e. The summed E-state index contributed by atoms with van der Waals surface area (Å²) in [6.07, 6.45) is 4.08. The van der Waals surface area contributed by atoms with Gasteiger partial charge in [-0.1, -0.05) is 133 Å². The van der Waals surface area contributed by atoms with Gasteiger partial charge in [0.25, 0.3) is 0 Å². The number of hydrogen-bond acceptors (Lipinski definition) is 6. The van der Waals surface area contributed by atoms with E-state index in [1.807, 2.05) is 36.4 Å². The van der Waals surface area contributed by atoms with E-state index in [-0.39, 0.29) is 12.1 Å². The van der Waals surface area contributed by atoms with E-state index in [4.69, 9.17) is 18.9 Å². The van der Waals surface area contributed by atoms with Gasteiger partial charge in [0.2, 0.25) is 0 Å². The highest BCUT2D eigenvalue weighted by Crippen LogP contribution is 2.32. The van der Waals surface area contributed by atoms with Crippen molar-refractivity contribution in [1.82, 2.24) is 9.80 Å². The molecule has 0 aromatic heterocycles. The van der Waals surface area contributed by atoms with E-state index in [1.165, 1.54) is 11.1 Å². The highest BCUT2D eigenvalue weighted by molar-refractivity contribution is 5.38. The fraction of sp³-hybridized carbons (Fsp3) is 0.240. The molecule has 6 heteroatoms. The summed E-state index contributed by atoms with van der Waals surface area (Å²) in [7, 11) is 0. The minimum absolute atomic E-state index is 0.139. The Bertz CT molecular complexity index is 1980. The normalized spacial score (nSPS) is 16.6. The molecule has 6 nitrogen and oxygen atoms in total. The first-order chi connectivity index (χ1) is 27.6. The quantitative estimate of drug-likeness (QED) is 0.168. The van der Waals surface area contributed by atoms with Crippen molar-refractivity contribution in [3.8, 4) is 23.0 Å². The Morgan fingerprint density at radius 1 is 0.357 bits per heavy atom. The summed E-state index contributed by atoms with van der Waals surface area (Å²) in [5.74, 6) is 3.47. The molecule has 0 aliphatic carbocycles. The molecule has 2 atom stereocenters. The molecule has 0 spiro atoms. The first-order valence-electron chi connectivity index (χ1n) is 19.7. The molecule has 1 aliphatic rings. The zero-order valence-electron chi connectivity index (χ0n) is 32.5. The molecule has 0 bridgehead atoms. The maximum atomic E-state index is 6.49. The second kappa shape index (κ2) is 19.7. The Labute approximate surface area is 332 Å². The molecular formula is C50H52N2O4. The Morgan fingerprint density at radius 3 is 0.982 bits per heavy atom. The predicted molar refractivity (Wildman–Crippen MR) is 225 cm³/mol. The van der Waals surface area contributed by atoms with Gasteiger partial charge < -0.3 is 18.9 Å². The van der Waals surface area contributed by atoms with E-state index in [2.05, 4.69) is 157 Å². The lowest BCUT2D eigenvalue weighted by atomic mass is 10.0. The summed E-state index contributed by atoms with van der Waals surface area (Å²) >= 11 is 0. The average Bonchev–Trinajstić information content (AvgIpc) is 3.25. The van der Waals surface area contributed by atoms with Crippen molar-refractivity contribution < 1.29 is 18.9 Å². The van der Waals surface area contributed by atoms with E-state index < -0.39 is 0 Å². The fourth-order valence-electron chi connectivity index (χ4n) is 7.24. The predicted octanol–water partition coefficient (Wildman–Crippen LogP) is 11.0. The van der Waals surface area contributed by atoms with Crippen molar-refractivity contribution in [1.29, 1.82) is 0 Å². The van der Waals surface area contributed by atoms with Gasteiger partial charge >= 0.3 is 0 Å². The van der Waals surface area contributed by atoms with Gasteiger partial charge in [0.1, 0.15) is 49.4 Å². The summed E-state index contributed by atoms with van der Waals surface area (Å²) in [6, 6.07) is 55.0. The number of nitrogens with zero attached hydrogens (tertiary/aromatic N) is 2. The Morgan fingerprint density at radius 2 is 0.643 bits per heavy atom. The van der Waals surface area contributed by atoms with Crippen LogP contribution in [0.3, 0.4) is 0 Å². The molecule has 7 rings (SSSR count). The van der Waals surface area contributed by atoms with E-state index in [0.717, 1.165) is 45.3 Å². The zero-order chi connectivity index (χ0) is 38.4. The summed E-state index contributed by atoms with van der Waals surface area (Å²) in [6.45, 7) is 9.03. The van der Waals surface area contributed by atoms with Crippen LogP contribution in [0.5, 0.6) is 23.0 Å². The van der Waals surface area contributed by atoms with Crippen LogP contribution in [0.2, 0.25) is 0 Å². The van der Waals surface area contributed by atoms with Crippen LogP contribution in [0.15, 0.2) is 170 Å². The van der Waals surface area contributed by atoms with Gasteiger partial charge in [-0.3, -0.25) is 9.80 Å². The van der Waals surface area contributed by atoms with Crippen LogP contribution in [-0.2, 0) is 26.2 Å². The smallest absolute Gasteiger partial charge is 0.124 e. The van der Waals surface area contributed by atoms with Crippen molar-refractivity contribution in [3.63, 3.8) is 0 Å². The molecule has 1 heterocycles. The number of rotatable bonds is 4. The number of benzene rings is 6. The number of para-hydroxylation sites is 4. The van der Waals surface area contributed by atoms with Gasteiger partial charge in [0.15, 0.2) is 0 Å². The molecule has 6 aromatic rings.